The van der Waals surface area contributed by atoms with Gasteiger partial charge in [-0.15, -0.1) is 0 Å². The summed E-state index contributed by atoms with van der Waals surface area (Å²) in [4.78, 5) is 46.0. The first-order valence-corrected chi connectivity index (χ1v) is 12.5. The van der Waals surface area contributed by atoms with Crippen LogP contribution < -0.4 is 16.5 Å². The smallest absolute Gasteiger partial charge is 0.337 e. The third-order valence-corrected chi connectivity index (χ3v) is 6.86. The van der Waals surface area contributed by atoms with Gasteiger partial charge in [0.2, 0.25) is 0 Å². The molecular formula is C26H32ClN5O5. The van der Waals surface area contributed by atoms with Crippen molar-refractivity contribution in [2.24, 2.45) is 17.2 Å². The maximum atomic E-state index is 13.7. The Hall–Kier alpha value is -3.34. The number of carbonyl (C=O) groups is 3. The number of nitrogens with zero attached hydrogens (tertiary/aromatic N) is 2. The summed E-state index contributed by atoms with van der Waals surface area (Å²) in [6.07, 6.45) is -0.0252. The van der Waals surface area contributed by atoms with E-state index in [-0.39, 0.29) is 26.3 Å². The molecule has 0 bridgehead atoms. The Bertz CT molecular complexity index is 1170. The molecule has 2 fully saturated rings. The van der Waals surface area contributed by atoms with Crippen LogP contribution in [0.15, 0.2) is 42.5 Å². The van der Waals surface area contributed by atoms with E-state index < -0.39 is 29.7 Å². The second kappa shape index (κ2) is 11.0. The minimum absolute atomic E-state index is 0.000951. The van der Waals surface area contributed by atoms with Gasteiger partial charge in [0.25, 0.3) is 0 Å². The molecule has 4 N–H and O–H groups in total. The number of nitrogens with one attached hydrogen (secondary N) is 2. The van der Waals surface area contributed by atoms with Crippen LogP contribution in [0.4, 0.5) is 15.3 Å². The number of aryl methyl sites for hydroxylation is 1. The highest BCUT2D eigenvalue weighted by Crippen LogP contribution is 2.32. The van der Waals surface area contributed by atoms with E-state index in [4.69, 9.17) is 22.2 Å². The van der Waals surface area contributed by atoms with Crippen LogP contribution in [0, 0.1) is 18.3 Å². The lowest BCUT2D eigenvalue weighted by atomic mass is 9.85. The summed E-state index contributed by atoms with van der Waals surface area (Å²) < 4.78 is 5.19. The molecule has 2 aliphatic heterocycles. The Morgan fingerprint density at radius 2 is 1.95 bits per heavy atom. The van der Waals surface area contributed by atoms with E-state index in [1.807, 2.05) is 43.3 Å². The van der Waals surface area contributed by atoms with Crippen LogP contribution in [0.1, 0.15) is 30.5 Å². The highest BCUT2D eigenvalue weighted by atomic mass is 35.5. The van der Waals surface area contributed by atoms with Gasteiger partial charge in [0.1, 0.15) is 5.41 Å². The fraction of sp³-hybridized carbons (Fsp3) is 0.423. The molecule has 37 heavy (non-hydrogen) atoms. The average Bonchev–Trinajstić information content (AvgIpc) is 2.83. The third-order valence-electron chi connectivity index (χ3n) is 6.51. The van der Waals surface area contributed by atoms with Crippen LogP contribution >= 0.6 is 11.6 Å². The van der Waals surface area contributed by atoms with Gasteiger partial charge in [0.15, 0.2) is 6.29 Å². The van der Waals surface area contributed by atoms with Gasteiger partial charge < -0.3 is 14.9 Å². The molecule has 10 nitrogen and oxygen atoms in total. The summed E-state index contributed by atoms with van der Waals surface area (Å²) >= 11 is 6.51. The quantitative estimate of drug-likeness (QED) is 0.423. The van der Waals surface area contributed by atoms with Gasteiger partial charge in [-0.3, -0.25) is 10.2 Å². The lowest BCUT2D eigenvalue weighted by Gasteiger charge is -2.46. The number of halogens is 1. The van der Waals surface area contributed by atoms with Crippen molar-refractivity contribution in [3.63, 3.8) is 0 Å². The van der Waals surface area contributed by atoms with Gasteiger partial charge in [-0.2, -0.15) is 5.90 Å². The van der Waals surface area contributed by atoms with Crippen molar-refractivity contribution >= 4 is 35.3 Å². The van der Waals surface area contributed by atoms with Crippen molar-refractivity contribution in [1.82, 2.24) is 15.1 Å². The molecule has 0 aromatic heterocycles. The molecular weight excluding hydrogens is 498 g/mol. The number of ether oxygens (including phenoxy) is 1. The average molecular weight is 530 g/mol. The first kappa shape index (κ1) is 26.7. The van der Waals surface area contributed by atoms with Gasteiger partial charge in [0, 0.05) is 10.7 Å². The number of rotatable bonds is 9. The predicted octanol–water partition coefficient (Wildman–Crippen LogP) is 3.62. The Labute approximate surface area is 221 Å². The number of benzene rings is 2. The van der Waals surface area contributed by atoms with Crippen molar-refractivity contribution < 1.29 is 24.0 Å². The van der Waals surface area contributed by atoms with Crippen molar-refractivity contribution in [2.75, 3.05) is 25.1 Å². The number of urea groups is 2. The molecule has 1 unspecified atom stereocenters. The van der Waals surface area contributed by atoms with Crippen molar-refractivity contribution in [3.8, 4) is 0 Å². The van der Waals surface area contributed by atoms with Crippen LogP contribution in [0.2, 0.25) is 5.02 Å². The van der Waals surface area contributed by atoms with Crippen LogP contribution in [0.5, 0.6) is 0 Å². The molecule has 11 heteroatoms. The molecule has 0 saturated carbocycles. The van der Waals surface area contributed by atoms with Gasteiger partial charge >= 0.3 is 18.0 Å². The molecule has 1 atom stereocenters. The molecule has 2 aliphatic rings. The van der Waals surface area contributed by atoms with Crippen LogP contribution in [0.25, 0.3) is 0 Å². The van der Waals surface area contributed by atoms with Crippen molar-refractivity contribution in [1.29, 1.82) is 0 Å². The predicted molar refractivity (Wildman–Crippen MR) is 138 cm³/mol. The summed E-state index contributed by atoms with van der Waals surface area (Å²) in [7, 11) is 0. The monoisotopic (exact) mass is 529 g/mol. The number of imide groups is 1. The number of carbonyl (C=O) groups excluding carboxylic acids is 3. The number of hydrogen-bond donors (Lipinski definition) is 3. The molecule has 2 saturated heterocycles. The number of hydrogen-bond acceptors (Lipinski definition) is 7. The van der Waals surface area contributed by atoms with E-state index in [1.54, 1.807) is 6.07 Å². The summed E-state index contributed by atoms with van der Waals surface area (Å²) in [5, 5.41) is 6.65. The SMILES string of the molecule is Cc1ccc(CN2C(=O)N(CC3(C(=O)ON)COC3)C(=O)NC2Nc2ccc(CC(C)C)c(Cl)c2)cc1. The molecule has 2 heterocycles. The van der Waals surface area contributed by atoms with Crippen molar-refractivity contribution in [3.05, 3.63) is 64.2 Å². The zero-order chi connectivity index (χ0) is 26.7. The fourth-order valence-electron chi connectivity index (χ4n) is 4.38. The minimum atomic E-state index is -1.20. The molecule has 0 aliphatic carbocycles. The van der Waals surface area contributed by atoms with Crippen LogP contribution in [0.3, 0.4) is 0 Å². The summed E-state index contributed by atoms with van der Waals surface area (Å²) in [6, 6.07) is 12.1. The first-order chi connectivity index (χ1) is 17.6. The standard InChI is InChI=1S/C26H32ClN5O5/c1-16(2)10-19-8-9-20(11-21(19)27)29-23-30-24(34)32(13-26(14-36-15-26)22(33)37-28)25(35)31(23)12-18-6-4-17(3)5-7-18/h4-9,11,16,23,29H,10,12-15,28H2,1-3H3,(H,30,34). The number of nitrogens with two attached hydrogens (primary N) is 1. The van der Waals surface area contributed by atoms with E-state index in [1.165, 1.54) is 4.90 Å². The van der Waals surface area contributed by atoms with Crippen molar-refractivity contribution in [2.45, 2.75) is 40.0 Å². The largest absolute Gasteiger partial charge is 0.379 e. The van der Waals surface area contributed by atoms with E-state index in [2.05, 4.69) is 29.3 Å². The van der Waals surface area contributed by atoms with Crippen LogP contribution in [-0.2, 0) is 27.3 Å². The highest BCUT2D eigenvalue weighted by Gasteiger charge is 2.52. The first-order valence-electron chi connectivity index (χ1n) is 12.1. The van der Waals surface area contributed by atoms with Gasteiger partial charge in [-0.1, -0.05) is 61.3 Å². The Balaban J connectivity index is 1.60. The summed E-state index contributed by atoms with van der Waals surface area (Å²) in [6.45, 7) is 6.20. The Morgan fingerprint density at radius 1 is 1.24 bits per heavy atom. The summed E-state index contributed by atoms with van der Waals surface area (Å²) in [5.74, 6) is 4.81. The topological polar surface area (TPSA) is 126 Å². The maximum absolute atomic E-state index is 13.7. The summed E-state index contributed by atoms with van der Waals surface area (Å²) in [5.41, 5.74) is 2.43. The second-order valence-corrected chi connectivity index (χ2v) is 10.5. The van der Waals surface area contributed by atoms with Gasteiger partial charge in [-0.05, 0) is 42.5 Å². The van der Waals surface area contributed by atoms with Gasteiger partial charge in [0.05, 0.1) is 26.3 Å². The van der Waals surface area contributed by atoms with E-state index >= 15 is 0 Å². The number of anilines is 1. The van der Waals surface area contributed by atoms with E-state index in [9.17, 15) is 14.4 Å². The zero-order valence-electron chi connectivity index (χ0n) is 21.1. The number of amides is 4. The third kappa shape index (κ3) is 5.82. The molecule has 4 amide bonds. The second-order valence-electron chi connectivity index (χ2n) is 10.1. The van der Waals surface area contributed by atoms with E-state index in [0.29, 0.717) is 16.6 Å². The molecule has 0 spiro atoms. The Morgan fingerprint density at radius 3 is 2.51 bits per heavy atom. The normalized spacial score (nSPS) is 18.9. The lowest BCUT2D eigenvalue weighted by Crippen LogP contribution is -2.70. The highest BCUT2D eigenvalue weighted by molar-refractivity contribution is 6.31. The molecule has 2 aromatic carbocycles. The minimum Gasteiger partial charge on any atom is -0.379 e. The fourth-order valence-corrected chi connectivity index (χ4v) is 4.64. The van der Waals surface area contributed by atoms with E-state index in [0.717, 1.165) is 28.0 Å². The molecule has 0 radical (unpaired) electrons. The Kier molecular flexibility index (Phi) is 7.91. The van der Waals surface area contributed by atoms with Gasteiger partial charge in [-0.25, -0.2) is 19.3 Å². The maximum Gasteiger partial charge on any atom is 0.337 e. The molecule has 4 rings (SSSR count). The van der Waals surface area contributed by atoms with Crippen LogP contribution in [-0.4, -0.2) is 53.9 Å². The molecule has 2 aromatic rings. The lowest BCUT2D eigenvalue weighted by molar-refractivity contribution is -0.188. The zero-order valence-corrected chi connectivity index (χ0v) is 21.9. The molecule has 198 valence electrons.